The molecule has 1 fully saturated rings. The number of benzene rings is 2. The van der Waals surface area contributed by atoms with Gasteiger partial charge >= 0.3 is 6.18 Å². The highest BCUT2D eigenvalue weighted by Crippen LogP contribution is 2.43. The van der Waals surface area contributed by atoms with Crippen LogP contribution in [0.1, 0.15) is 60.1 Å². The number of halogens is 6. The summed E-state index contributed by atoms with van der Waals surface area (Å²) < 4.78 is 83.1. The second kappa shape index (κ2) is 14.1. The Hall–Kier alpha value is -3.43. The van der Waals surface area contributed by atoms with Gasteiger partial charge in [-0.3, -0.25) is 0 Å². The Labute approximate surface area is 255 Å². The molecule has 1 aliphatic carbocycles. The summed E-state index contributed by atoms with van der Waals surface area (Å²) in [5.41, 5.74) is 5.22. The fraction of sp³-hybridized carbons (Fsp3) is 0.414. The quantitative estimate of drug-likeness (QED) is 0.0799. The van der Waals surface area contributed by atoms with Crippen LogP contribution in [0.15, 0.2) is 36.5 Å². The third-order valence-electron chi connectivity index (χ3n) is 6.84. The third kappa shape index (κ3) is 7.80. The molecule has 0 aliphatic heterocycles. The lowest BCUT2D eigenvalue weighted by atomic mass is 10.0. The number of nitrogens with zero attached hydrogens (tertiary/aromatic N) is 3. The molecule has 15 heteroatoms. The molecule has 0 radical (unpaired) electrons. The number of rotatable bonds is 14. The minimum absolute atomic E-state index is 0.0819. The second-order valence-corrected chi connectivity index (χ2v) is 10.6. The van der Waals surface area contributed by atoms with Gasteiger partial charge in [0.25, 0.3) is 0 Å². The Balaban J connectivity index is 1.70. The number of hydrogen-bond acceptors (Lipinski definition) is 8. The second-order valence-electron chi connectivity index (χ2n) is 10.2. The van der Waals surface area contributed by atoms with Crippen LogP contribution in [0.2, 0.25) is 5.02 Å². The van der Waals surface area contributed by atoms with Crippen LogP contribution in [0.5, 0.6) is 0 Å². The average Bonchev–Trinajstić information content (AvgIpc) is 3.76. The number of aromatic nitrogens is 3. The van der Waals surface area contributed by atoms with Gasteiger partial charge in [-0.25, -0.2) is 18.4 Å². The molecule has 5 N–H and O–H groups in total. The van der Waals surface area contributed by atoms with E-state index in [-0.39, 0.29) is 47.5 Å². The van der Waals surface area contributed by atoms with E-state index in [1.165, 1.54) is 25.1 Å². The van der Waals surface area contributed by atoms with E-state index in [2.05, 4.69) is 15.4 Å². The molecule has 0 amide bonds. The number of aliphatic hydroxyl groups is 1. The van der Waals surface area contributed by atoms with E-state index >= 15 is 0 Å². The molecule has 1 saturated carbocycles. The lowest BCUT2D eigenvalue weighted by Crippen LogP contribution is -2.39. The minimum atomic E-state index is -4.72. The molecule has 0 spiro atoms. The number of aliphatic hydroxyl groups excluding tert-OH is 1. The Morgan fingerprint density at radius 3 is 2.61 bits per heavy atom. The molecule has 9 nitrogen and oxygen atoms in total. The van der Waals surface area contributed by atoms with Crippen LogP contribution in [-0.4, -0.2) is 58.2 Å². The molecule has 1 heterocycles. The summed E-state index contributed by atoms with van der Waals surface area (Å²) in [6.45, 7) is 3.10. The first-order chi connectivity index (χ1) is 20.8. The zero-order valence-corrected chi connectivity index (χ0v) is 24.6. The molecular weight excluding hydrogens is 611 g/mol. The summed E-state index contributed by atoms with van der Waals surface area (Å²) >= 11 is 5.62. The van der Waals surface area contributed by atoms with Gasteiger partial charge in [0.15, 0.2) is 17.5 Å². The lowest BCUT2D eigenvalue weighted by Gasteiger charge is -2.27. The van der Waals surface area contributed by atoms with Gasteiger partial charge in [0.05, 0.1) is 22.9 Å². The molecule has 2 aromatic carbocycles. The standard InChI is InChI=1S/C29H32ClF5N6O3/c1-3-43-14-24(37)44-27(23(42)13-38-12-18(11-36)19-7-9-21(30)26(32)25(19)31)28-39-15(2)40-41(28)22-10-17(16-4-5-16)6-8-20(22)29(33,34)35/h6-12,16,23-24,27,36,38,42H,3-5,13-14,37H2,1-2H3/b18-12+,36-11?/t23-,24?,27?/m0/s1. The number of nitrogens with one attached hydrogen (secondary N) is 2. The van der Waals surface area contributed by atoms with Crippen molar-refractivity contribution in [2.24, 2.45) is 5.73 Å². The highest BCUT2D eigenvalue weighted by Gasteiger charge is 2.38. The van der Waals surface area contributed by atoms with Crippen molar-refractivity contribution in [3.8, 4) is 5.69 Å². The van der Waals surface area contributed by atoms with Crippen LogP contribution in [0, 0.1) is 24.0 Å². The van der Waals surface area contributed by atoms with E-state index in [0.717, 1.165) is 47.6 Å². The van der Waals surface area contributed by atoms with E-state index in [9.17, 15) is 27.1 Å². The Kier molecular flexibility index (Phi) is 10.7. The topological polar surface area (TPSA) is 131 Å². The number of nitrogens with two attached hydrogens (primary N) is 1. The molecule has 3 atom stereocenters. The van der Waals surface area contributed by atoms with Gasteiger partial charge in [0.2, 0.25) is 0 Å². The van der Waals surface area contributed by atoms with Crippen molar-refractivity contribution in [3.05, 3.63) is 81.5 Å². The predicted molar refractivity (Wildman–Crippen MR) is 154 cm³/mol. The monoisotopic (exact) mass is 642 g/mol. The molecule has 2 unspecified atom stereocenters. The maximum atomic E-state index is 14.5. The fourth-order valence-electron chi connectivity index (χ4n) is 4.55. The van der Waals surface area contributed by atoms with Crippen molar-refractivity contribution in [2.75, 3.05) is 19.8 Å². The minimum Gasteiger partial charge on any atom is -0.388 e. The first-order valence-electron chi connectivity index (χ1n) is 13.7. The number of ether oxygens (including phenoxy) is 2. The fourth-order valence-corrected chi connectivity index (χ4v) is 4.70. The van der Waals surface area contributed by atoms with E-state index < -0.39 is 46.8 Å². The molecule has 1 aromatic heterocycles. The molecule has 3 aromatic rings. The van der Waals surface area contributed by atoms with Gasteiger partial charge in [-0.1, -0.05) is 17.7 Å². The van der Waals surface area contributed by atoms with E-state index in [1.807, 2.05) is 0 Å². The molecule has 44 heavy (non-hydrogen) atoms. The number of allylic oxidation sites excluding steroid dienone is 1. The molecule has 0 saturated heterocycles. The molecular formula is C29H32ClF5N6O3. The normalized spacial score (nSPS) is 16.1. The van der Waals surface area contributed by atoms with Crippen molar-refractivity contribution >= 4 is 23.4 Å². The van der Waals surface area contributed by atoms with E-state index in [0.29, 0.717) is 6.61 Å². The molecule has 238 valence electrons. The summed E-state index contributed by atoms with van der Waals surface area (Å²) in [6.07, 6.45) is -5.13. The average molecular weight is 643 g/mol. The highest BCUT2D eigenvalue weighted by atomic mass is 35.5. The van der Waals surface area contributed by atoms with Crippen LogP contribution in [-0.2, 0) is 15.7 Å². The molecule has 1 aliphatic rings. The largest absolute Gasteiger partial charge is 0.418 e. The van der Waals surface area contributed by atoms with Gasteiger partial charge < -0.3 is 31.0 Å². The zero-order valence-electron chi connectivity index (χ0n) is 23.8. The van der Waals surface area contributed by atoms with Crippen molar-refractivity contribution in [1.82, 2.24) is 20.1 Å². The van der Waals surface area contributed by atoms with Crippen LogP contribution >= 0.6 is 11.6 Å². The highest BCUT2D eigenvalue weighted by molar-refractivity contribution is 6.30. The van der Waals surface area contributed by atoms with Crippen LogP contribution in [0.25, 0.3) is 11.3 Å². The Bertz CT molecular complexity index is 1510. The number of aryl methyl sites for hydroxylation is 1. The predicted octanol–water partition coefficient (Wildman–Crippen LogP) is 5.42. The smallest absolute Gasteiger partial charge is 0.388 e. The maximum Gasteiger partial charge on any atom is 0.418 e. The molecule has 0 bridgehead atoms. The third-order valence-corrected chi connectivity index (χ3v) is 7.13. The maximum absolute atomic E-state index is 14.5. The summed E-state index contributed by atoms with van der Waals surface area (Å²) in [6, 6.07) is 6.18. The summed E-state index contributed by atoms with van der Waals surface area (Å²) in [5.74, 6) is -2.45. The van der Waals surface area contributed by atoms with Gasteiger partial charge in [0.1, 0.15) is 24.3 Å². The van der Waals surface area contributed by atoms with Gasteiger partial charge in [0, 0.05) is 36.7 Å². The first-order valence-corrected chi connectivity index (χ1v) is 14.1. The van der Waals surface area contributed by atoms with Crippen LogP contribution < -0.4 is 11.1 Å². The van der Waals surface area contributed by atoms with Crippen molar-refractivity contribution < 1.29 is 36.5 Å². The van der Waals surface area contributed by atoms with Crippen molar-refractivity contribution in [2.45, 2.75) is 57.2 Å². The lowest BCUT2D eigenvalue weighted by molar-refractivity contribution is -0.137. The van der Waals surface area contributed by atoms with Crippen molar-refractivity contribution in [1.29, 1.82) is 5.41 Å². The zero-order chi connectivity index (χ0) is 32.2. The van der Waals surface area contributed by atoms with Gasteiger partial charge in [-0.15, -0.1) is 0 Å². The summed E-state index contributed by atoms with van der Waals surface area (Å²) in [7, 11) is 0. The molecule has 4 rings (SSSR count). The Morgan fingerprint density at radius 2 is 1.98 bits per heavy atom. The van der Waals surface area contributed by atoms with Crippen molar-refractivity contribution in [3.63, 3.8) is 0 Å². The van der Waals surface area contributed by atoms with Crippen LogP contribution in [0.4, 0.5) is 22.0 Å². The summed E-state index contributed by atoms with van der Waals surface area (Å²) in [4.78, 5) is 4.31. The van der Waals surface area contributed by atoms with Crippen LogP contribution in [0.3, 0.4) is 0 Å². The first kappa shape index (κ1) is 33.5. The number of alkyl halides is 3. The number of hydrogen-bond donors (Lipinski definition) is 4. The van der Waals surface area contributed by atoms with Gasteiger partial charge in [-0.05, 0) is 62.4 Å². The van der Waals surface area contributed by atoms with E-state index in [1.54, 1.807) is 6.92 Å². The van der Waals surface area contributed by atoms with Gasteiger partial charge in [-0.2, -0.15) is 18.3 Å². The van der Waals surface area contributed by atoms with E-state index in [4.69, 9.17) is 32.2 Å². The summed E-state index contributed by atoms with van der Waals surface area (Å²) in [5, 5.41) is 25.4. The SMILES string of the molecule is CCOCC(N)OC(c1nc(C)nn1-c1cc(C2CC2)ccc1C(F)(F)F)[C@@H](O)CN/C=C(\C=N)c1ccc(Cl)c(F)c1F. The Morgan fingerprint density at radius 1 is 1.25 bits per heavy atom.